The number of esters is 2. The Morgan fingerprint density at radius 1 is 1.11 bits per heavy atom. The molecule has 18 heavy (non-hydrogen) atoms. The lowest BCUT2D eigenvalue weighted by Crippen LogP contribution is -2.08. The number of halogens is 2. The molecule has 0 aromatic heterocycles. The molecule has 0 aliphatic carbocycles. The van der Waals surface area contributed by atoms with Crippen molar-refractivity contribution < 1.29 is 23.9 Å². The van der Waals surface area contributed by atoms with E-state index in [0.717, 1.165) is 0 Å². The molecule has 0 fully saturated rings. The quantitative estimate of drug-likeness (QED) is 0.482. The van der Waals surface area contributed by atoms with Gasteiger partial charge in [0.25, 0.3) is 5.24 Å². The van der Waals surface area contributed by atoms with E-state index in [1.54, 1.807) is 0 Å². The van der Waals surface area contributed by atoms with E-state index in [0.29, 0.717) is 0 Å². The molecule has 0 unspecified atom stereocenters. The van der Waals surface area contributed by atoms with E-state index in [1.165, 1.54) is 26.0 Å². The highest BCUT2D eigenvalue weighted by Crippen LogP contribution is 2.37. The Kier molecular flexibility index (Phi) is 4.86. The SMILES string of the molecule is CC(=O)Oc1cc(C(=O)Cl)cc(Br)c1OC(C)=O. The van der Waals surface area contributed by atoms with Crippen LogP contribution in [-0.4, -0.2) is 17.2 Å². The van der Waals surface area contributed by atoms with Gasteiger partial charge in [0.15, 0.2) is 11.5 Å². The summed E-state index contributed by atoms with van der Waals surface area (Å²) in [4.78, 5) is 33.0. The molecule has 0 amide bonds. The maximum Gasteiger partial charge on any atom is 0.308 e. The van der Waals surface area contributed by atoms with Crippen molar-refractivity contribution in [3.8, 4) is 11.5 Å². The summed E-state index contributed by atoms with van der Waals surface area (Å²) in [5.74, 6) is -1.25. The molecule has 1 aromatic rings. The van der Waals surface area contributed by atoms with E-state index in [2.05, 4.69) is 15.9 Å². The minimum absolute atomic E-state index is 0.0133. The van der Waals surface area contributed by atoms with Crippen molar-refractivity contribution in [2.24, 2.45) is 0 Å². The Bertz CT molecular complexity index is 526. The zero-order valence-electron chi connectivity index (χ0n) is 9.45. The number of ether oxygens (including phenoxy) is 2. The predicted molar refractivity (Wildman–Crippen MR) is 66.9 cm³/mol. The molecule has 7 heteroatoms. The molecule has 0 radical (unpaired) electrons. The molecular formula is C11H8BrClO5. The first-order valence-electron chi connectivity index (χ1n) is 4.71. The minimum atomic E-state index is -0.724. The third-order valence-corrected chi connectivity index (χ3v) is 2.54. The molecule has 0 N–H and O–H groups in total. The van der Waals surface area contributed by atoms with Crippen LogP contribution < -0.4 is 9.47 Å². The van der Waals surface area contributed by atoms with Crippen molar-refractivity contribution in [1.82, 2.24) is 0 Å². The first-order valence-corrected chi connectivity index (χ1v) is 5.88. The van der Waals surface area contributed by atoms with E-state index in [1.807, 2.05) is 0 Å². The van der Waals surface area contributed by atoms with Crippen LogP contribution in [0.2, 0.25) is 0 Å². The molecule has 96 valence electrons. The van der Waals surface area contributed by atoms with Crippen molar-refractivity contribution >= 4 is 44.7 Å². The van der Waals surface area contributed by atoms with Gasteiger partial charge in [-0.3, -0.25) is 14.4 Å². The monoisotopic (exact) mass is 334 g/mol. The van der Waals surface area contributed by atoms with Crippen molar-refractivity contribution in [3.63, 3.8) is 0 Å². The first-order chi connectivity index (χ1) is 8.31. The number of carbonyl (C=O) groups excluding carboxylic acids is 3. The number of hydrogen-bond donors (Lipinski definition) is 0. The highest BCUT2D eigenvalue weighted by molar-refractivity contribution is 9.10. The fourth-order valence-electron chi connectivity index (χ4n) is 1.16. The lowest BCUT2D eigenvalue weighted by atomic mass is 10.2. The maximum atomic E-state index is 11.1. The van der Waals surface area contributed by atoms with Gasteiger partial charge in [0.05, 0.1) is 4.47 Å². The topological polar surface area (TPSA) is 69.7 Å². The van der Waals surface area contributed by atoms with Crippen LogP contribution in [0.15, 0.2) is 16.6 Å². The number of carbonyl (C=O) groups is 3. The van der Waals surface area contributed by atoms with E-state index in [9.17, 15) is 14.4 Å². The largest absolute Gasteiger partial charge is 0.423 e. The summed E-state index contributed by atoms with van der Waals surface area (Å²) in [6, 6.07) is 2.58. The van der Waals surface area contributed by atoms with Crippen LogP contribution in [0.5, 0.6) is 11.5 Å². The van der Waals surface area contributed by atoms with Crippen LogP contribution in [0.25, 0.3) is 0 Å². The van der Waals surface area contributed by atoms with Crippen LogP contribution in [0, 0.1) is 0 Å². The standard InChI is InChI=1S/C11H8BrClO5/c1-5(14)17-9-4-7(11(13)16)3-8(12)10(9)18-6(2)15/h3-4H,1-2H3. The van der Waals surface area contributed by atoms with Gasteiger partial charge in [-0.1, -0.05) is 0 Å². The lowest BCUT2D eigenvalue weighted by molar-refractivity contribution is -0.134. The highest BCUT2D eigenvalue weighted by atomic mass is 79.9. The first kappa shape index (κ1) is 14.7. The fourth-order valence-corrected chi connectivity index (χ4v) is 1.79. The zero-order chi connectivity index (χ0) is 13.9. The molecule has 0 aliphatic heterocycles. The van der Waals surface area contributed by atoms with Crippen LogP contribution in [0.4, 0.5) is 0 Å². The highest BCUT2D eigenvalue weighted by Gasteiger charge is 2.17. The Balaban J connectivity index is 3.33. The minimum Gasteiger partial charge on any atom is -0.423 e. The van der Waals surface area contributed by atoms with Gasteiger partial charge in [0.2, 0.25) is 0 Å². The van der Waals surface area contributed by atoms with E-state index < -0.39 is 17.2 Å². The van der Waals surface area contributed by atoms with Crippen LogP contribution in [0.3, 0.4) is 0 Å². The smallest absolute Gasteiger partial charge is 0.308 e. The number of benzene rings is 1. The van der Waals surface area contributed by atoms with E-state index in [4.69, 9.17) is 21.1 Å². The summed E-state index contributed by atoms with van der Waals surface area (Å²) in [5.41, 5.74) is 0.107. The molecule has 0 spiro atoms. The zero-order valence-corrected chi connectivity index (χ0v) is 11.8. The van der Waals surface area contributed by atoms with Crippen LogP contribution >= 0.6 is 27.5 Å². The number of rotatable bonds is 3. The number of hydrogen-bond acceptors (Lipinski definition) is 5. The van der Waals surface area contributed by atoms with Gasteiger partial charge in [-0.15, -0.1) is 0 Å². The molecule has 0 saturated heterocycles. The summed E-state index contributed by atoms with van der Waals surface area (Å²) >= 11 is 8.44. The van der Waals surface area contributed by atoms with Gasteiger partial charge < -0.3 is 9.47 Å². The average molecular weight is 336 g/mol. The molecular weight excluding hydrogens is 327 g/mol. The summed E-state index contributed by atoms with van der Waals surface area (Å²) in [5, 5.41) is -0.724. The second kappa shape index (κ2) is 5.97. The maximum absolute atomic E-state index is 11.1. The summed E-state index contributed by atoms with van der Waals surface area (Å²) < 4.78 is 10.0. The second-order valence-electron chi connectivity index (χ2n) is 3.25. The Morgan fingerprint density at radius 2 is 1.67 bits per heavy atom. The summed E-state index contributed by atoms with van der Waals surface area (Å²) in [6.45, 7) is 2.38. The third-order valence-electron chi connectivity index (χ3n) is 1.74. The Labute approximate surface area is 116 Å². The summed E-state index contributed by atoms with van der Waals surface area (Å²) in [6.07, 6.45) is 0. The molecule has 1 rings (SSSR count). The Hall–Kier alpha value is -1.40. The Morgan fingerprint density at radius 3 is 2.11 bits per heavy atom. The van der Waals surface area contributed by atoms with Crippen molar-refractivity contribution in [3.05, 3.63) is 22.2 Å². The van der Waals surface area contributed by atoms with Gasteiger partial charge in [-0.25, -0.2) is 0 Å². The van der Waals surface area contributed by atoms with Crippen LogP contribution in [-0.2, 0) is 9.59 Å². The lowest BCUT2D eigenvalue weighted by Gasteiger charge is -2.11. The average Bonchev–Trinajstić information content (AvgIpc) is 2.21. The van der Waals surface area contributed by atoms with Crippen LogP contribution in [0.1, 0.15) is 24.2 Å². The molecule has 5 nitrogen and oxygen atoms in total. The molecule has 0 aliphatic rings. The van der Waals surface area contributed by atoms with Gasteiger partial charge >= 0.3 is 11.9 Å². The van der Waals surface area contributed by atoms with Gasteiger partial charge in [0, 0.05) is 19.4 Å². The third kappa shape index (κ3) is 3.82. The van der Waals surface area contributed by atoms with Crippen molar-refractivity contribution in [2.75, 3.05) is 0 Å². The van der Waals surface area contributed by atoms with Crippen molar-refractivity contribution in [2.45, 2.75) is 13.8 Å². The summed E-state index contributed by atoms with van der Waals surface area (Å²) in [7, 11) is 0. The normalized spacial score (nSPS) is 9.78. The van der Waals surface area contributed by atoms with Gasteiger partial charge in [-0.05, 0) is 39.7 Å². The molecule has 0 bridgehead atoms. The van der Waals surface area contributed by atoms with Crippen molar-refractivity contribution in [1.29, 1.82) is 0 Å². The molecule has 0 heterocycles. The van der Waals surface area contributed by atoms with Gasteiger partial charge in [0.1, 0.15) is 0 Å². The fraction of sp³-hybridized carbons (Fsp3) is 0.182. The second-order valence-corrected chi connectivity index (χ2v) is 4.44. The van der Waals surface area contributed by atoms with Gasteiger partial charge in [-0.2, -0.15) is 0 Å². The van der Waals surface area contributed by atoms with E-state index in [-0.39, 0.29) is 21.5 Å². The van der Waals surface area contributed by atoms with E-state index >= 15 is 0 Å². The molecule has 0 atom stereocenters. The predicted octanol–water partition coefficient (Wildman–Crippen LogP) is 2.68. The molecule has 1 aromatic carbocycles. The molecule has 0 saturated carbocycles.